The zero-order valence-electron chi connectivity index (χ0n) is 16.1. The van der Waals surface area contributed by atoms with Crippen molar-refractivity contribution in [2.75, 3.05) is 26.2 Å². The Morgan fingerprint density at radius 1 is 1.07 bits per heavy atom. The van der Waals surface area contributed by atoms with Crippen molar-refractivity contribution in [1.82, 2.24) is 35.0 Å². The molecule has 0 atom stereocenters. The van der Waals surface area contributed by atoms with E-state index in [1.807, 2.05) is 0 Å². The molecule has 1 aromatic carbocycles. The van der Waals surface area contributed by atoms with Crippen LogP contribution in [0.3, 0.4) is 0 Å². The molecule has 4 rings (SSSR count). The van der Waals surface area contributed by atoms with Crippen LogP contribution in [-0.4, -0.2) is 73.0 Å². The van der Waals surface area contributed by atoms with Crippen LogP contribution >= 0.6 is 0 Å². The van der Waals surface area contributed by atoms with Crippen molar-refractivity contribution in [3.05, 3.63) is 48.5 Å². The average Bonchev–Trinajstić information content (AvgIpc) is 3.44. The van der Waals surface area contributed by atoms with Crippen LogP contribution in [-0.2, 0) is 22.6 Å². The molecule has 1 aliphatic heterocycles. The zero-order valence-corrected chi connectivity index (χ0v) is 16.1. The molecule has 3 aromatic rings. The van der Waals surface area contributed by atoms with Gasteiger partial charge < -0.3 is 14.2 Å². The van der Waals surface area contributed by atoms with Crippen LogP contribution in [0.15, 0.2) is 41.2 Å². The first-order valence-electron chi connectivity index (χ1n) is 9.56. The van der Waals surface area contributed by atoms with Crippen LogP contribution in [0, 0.1) is 5.82 Å². The molecule has 156 valence electrons. The van der Waals surface area contributed by atoms with Gasteiger partial charge in [-0.05, 0) is 22.6 Å². The Bertz CT molecular complexity index is 1010. The van der Waals surface area contributed by atoms with Crippen molar-refractivity contribution in [2.24, 2.45) is 0 Å². The average molecular weight is 413 g/mol. The highest BCUT2D eigenvalue weighted by Gasteiger charge is 2.24. The maximum Gasteiger partial charge on any atom is 0.244 e. The van der Waals surface area contributed by atoms with Gasteiger partial charge in [0, 0.05) is 39.0 Å². The van der Waals surface area contributed by atoms with E-state index in [4.69, 9.17) is 4.42 Å². The van der Waals surface area contributed by atoms with Gasteiger partial charge in [-0.15, -0.1) is 5.10 Å². The number of carbonyl (C=O) groups is 2. The molecule has 0 aliphatic carbocycles. The van der Waals surface area contributed by atoms with E-state index in [-0.39, 0.29) is 30.6 Å². The number of piperazine rings is 1. The van der Waals surface area contributed by atoms with Crippen LogP contribution in [0.5, 0.6) is 0 Å². The first kappa shape index (κ1) is 19.7. The number of rotatable bonds is 6. The summed E-state index contributed by atoms with van der Waals surface area (Å²) in [6.07, 6.45) is 3.41. The molecular weight excluding hydrogens is 393 g/mol. The lowest BCUT2D eigenvalue weighted by Gasteiger charge is -2.34. The lowest BCUT2D eigenvalue weighted by atomic mass is 10.2. The SMILES string of the molecule is O=C(CCc1ncc(-c2ccccc2F)o1)N1CCN(C(=O)Cn2cnnn2)CC1. The summed E-state index contributed by atoms with van der Waals surface area (Å²) in [4.78, 5) is 32.3. The minimum Gasteiger partial charge on any atom is -0.441 e. The van der Waals surface area contributed by atoms with Crippen molar-refractivity contribution >= 4 is 11.8 Å². The lowest BCUT2D eigenvalue weighted by Crippen LogP contribution is -2.51. The molecule has 0 unspecified atom stereocenters. The number of hydrogen-bond donors (Lipinski definition) is 0. The number of oxazole rings is 1. The number of aromatic nitrogens is 5. The number of amides is 2. The van der Waals surface area contributed by atoms with E-state index < -0.39 is 0 Å². The Kier molecular flexibility index (Phi) is 5.77. The third-order valence-electron chi connectivity index (χ3n) is 4.92. The summed E-state index contributed by atoms with van der Waals surface area (Å²) in [7, 11) is 0. The first-order chi connectivity index (χ1) is 14.6. The fourth-order valence-electron chi connectivity index (χ4n) is 3.28. The van der Waals surface area contributed by atoms with Gasteiger partial charge in [0.2, 0.25) is 11.8 Å². The summed E-state index contributed by atoms with van der Waals surface area (Å²) in [6, 6.07) is 6.30. The highest BCUT2D eigenvalue weighted by molar-refractivity contribution is 5.78. The van der Waals surface area contributed by atoms with Crippen molar-refractivity contribution in [3.8, 4) is 11.3 Å². The third-order valence-corrected chi connectivity index (χ3v) is 4.92. The van der Waals surface area contributed by atoms with Crippen LogP contribution in [0.25, 0.3) is 11.3 Å². The van der Waals surface area contributed by atoms with E-state index in [1.54, 1.807) is 28.0 Å². The van der Waals surface area contributed by atoms with Crippen LogP contribution in [0.1, 0.15) is 12.3 Å². The second-order valence-corrected chi connectivity index (χ2v) is 6.87. The number of tetrazole rings is 1. The van der Waals surface area contributed by atoms with Gasteiger partial charge >= 0.3 is 0 Å². The molecule has 1 saturated heterocycles. The molecule has 2 aromatic heterocycles. The molecule has 1 aliphatic rings. The van der Waals surface area contributed by atoms with E-state index in [2.05, 4.69) is 20.5 Å². The molecule has 0 bridgehead atoms. The fourth-order valence-corrected chi connectivity index (χ4v) is 3.28. The van der Waals surface area contributed by atoms with E-state index in [0.29, 0.717) is 49.8 Å². The Balaban J connectivity index is 1.25. The molecule has 3 heterocycles. The smallest absolute Gasteiger partial charge is 0.244 e. The van der Waals surface area contributed by atoms with Gasteiger partial charge in [-0.25, -0.2) is 14.1 Å². The number of halogens is 1. The van der Waals surface area contributed by atoms with Crippen molar-refractivity contribution in [3.63, 3.8) is 0 Å². The molecule has 0 radical (unpaired) electrons. The van der Waals surface area contributed by atoms with Gasteiger partial charge in [-0.3, -0.25) is 9.59 Å². The van der Waals surface area contributed by atoms with Crippen LogP contribution in [0.4, 0.5) is 4.39 Å². The highest BCUT2D eigenvalue weighted by atomic mass is 19.1. The second-order valence-electron chi connectivity index (χ2n) is 6.87. The Morgan fingerprint density at radius 3 is 2.50 bits per heavy atom. The van der Waals surface area contributed by atoms with Crippen LogP contribution < -0.4 is 0 Å². The van der Waals surface area contributed by atoms with Gasteiger partial charge in [-0.1, -0.05) is 12.1 Å². The number of benzene rings is 1. The second kappa shape index (κ2) is 8.80. The Labute approximate surface area is 171 Å². The number of aryl methyl sites for hydroxylation is 1. The van der Waals surface area contributed by atoms with E-state index in [0.717, 1.165) is 0 Å². The van der Waals surface area contributed by atoms with Crippen molar-refractivity contribution in [2.45, 2.75) is 19.4 Å². The standard InChI is InChI=1S/C19H20FN7O3/c20-15-4-2-1-3-14(15)16-11-21-17(30-16)5-6-18(28)25-7-9-26(10-8-25)19(29)12-27-13-22-23-24-27/h1-4,11,13H,5-10,12H2. The fraction of sp³-hybridized carbons (Fsp3) is 0.368. The third kappa shape index (κ3) is 4.50. The summed E-state index contributed by atoms with van der Waals surface area (Å²) < 4.78 is 20.8. The molecule has 0 N–H and O–H groups in total. The molecule has 0 saturated carbocycles. The van der Waals surface area contributed by atoms with Gasteiger partial charge in [0.15, 0.2) is 11.7 Å². The molecule has 0 spiro atoms. The molecule has 10 nitrogen and oxygen atoms in total. The summed E-state index contributed by atoms with van der Waals surface area (Å²) in [5.74, 6) is 0.217. The molecule has 30 heavy (non-hydrogen) atoms. The molecule has 11 heteroatoms. The van der Waals surface area contributed by atoms with Gasteiger partial charge in [0.25, 0.3) is 0 Å². The maximum absolute atomic E-state index is 13.8. The van der Waals surface area contributed by atoms with Crippen molar-refractivity contribution in [1.29, 1.82) is 0 Å². The van der Waals surface area contributed by atoms with Gasteiger partial charge in [-0.2, -0.15) is 0 Å². The monoisotopic (exact) mass is 413 g/mol. The van der Waals surface area contributed by atoms with E-state index in [1.165, 1.54) is 23.3 Å². The molecule has 2 amide bonds. The summed E-state index contributed by atoms with van der Waals surface area (Å²) in [6.45, 7) is 1.93. The molecule has 1 fully saturated rings. The maximum atomic E-state index is 13.8. The number of hydrogen-bond acceptors (Lipinski definition) is 7. The predicted molar refractivity (Wildman–Crippen MR) is 101 cm³/mol. The summed E-state index contributed by atoms with van der Waals surface area (Å²) in [5.41, 5.74) is 0.338. The minimum atomic E-state index is -0.385. The van der Waals surface area contributed by atoms with Crippen molar-refractivity contribution < 1.29 is 18.4 Å². The summed E-state index contributed by atoms with van der Waals surface area (Å²) in [5, 5.41) is 10.7. The summed E-state index contributed by atoms with van der Waals surface area (Å²) >= 11 is 0. The predicted octanol–water partition coefficient (Wildman–Crippen LogP) is 0.771. The largest absolute Gasteiger partial charge is 0.441 e. The van der Waals surface area contributed by atoms with E-state index >= 15 is 0 Å². The van der Waals surface area contributed by atoms with Gasteiger partial charge in [0.05, 0.1) is 11.8 Å². The quantitative estimate of drug-likeness (QED) is 0.587. The van der Waals surface area contributed by atoms with Gasteiger partial charge in [0.1, 0.15) is 18.7 Å². The topological polar surface area (TPSA) is 110 Å². The Morgan fingerprint density at radius 2 is 1.80 bits per heavy atom. The zero-order chi connectivity index (χ0) is 20.9. The normalized spacial score (nSPS) is 14.2. The number of carbonyl (C=O) groups excluding carboxylic acids is 2. The van der Waals surface area contributed by atoms with Crippen LogP contribution in [0.2, 0.25) is 0 Å². The lowest BCUT2D eigenvalue weighted by molar-refractivity contribution is -0.140. The van der Waals surface area contributed by atoms with E-state index in [9.17, 15) is 14.0 Å². The molecular formula is C19H20FN7O3. The number of nitrogens with zero attached hydrogens (tertiary/aromatic N) is 7. The highest BCUT2D eigenvalue weighted by Crippen LogP contribution is 2.23. The Hall–Kier alpha value is -3.63. The minimum absolute atomic E-state index is 0.0341. The first-order valence-corrected chi connectivity index (χ1v) is 9.56.